The highest BCUT2D eigenvalue weighted by Crippen LogP contribution is 2.25. The molecule has 0 spiro atoms. The van der Waals surface area contributed by atoms with E-state index >= 15 is 0 Å². The molecule has 0 radical (unpaired) electrons. The summed E-state index contributed by atoms with van der Waals surface area (Å²) in [6.07, 6.45) is 4.48. The minimum absolute atomic E-state index is 0.0140. The van der Waals surface area contributed by atoms with Crippen molar-refractivity contribution in [3.05, 3.63) is 59.2 Å². The van der Waals surface area contributed by atoms with E-state index in [1.54, 1.807) is 6.92 Å². The monoisotopic (exact) mass is 429 g/mol. The van der Waals surface area contributed by atoms with Crippen molar-refractivity contribution in [2.45, 2.75) is 44.4 Å². The molecule has 7 heteroatoms. The standard InChI is InChI=1S/C23H31N3O3S/c1-17-14-21(30(24,28)29)15-22(18(17)2)25-23(27)16-26-12-10-20(11-13-26)9-8-19-6-4-3-5-7-19/h3-7,14-15,20H,8-13,16H2,1-2H3,(H,25,27)(H2,24,28,29). The van der Waals surface area contributed by atoms with Gasteiger partial charge in [-0.15, -0.1) is 0 Å². The first-order valence-electron chi connectivity index (χ1n) is 10.4. The molecule has 1 fully saturated rings. The Morgan fingerprint density at radius 1 is 1.13 bits per heavy atom. The zero-order valence-electron chi connectivity index (χ0n) is 17.7. The molecule has 1 aliphatic rings. The molecule has 0 aromatic heterocycles. The average Bonchev–Trinajstić information content (AvgIpc) is 2.70. The van der Waals surface area contributed by atoms with Gasteiger partial charge in [-0.25, -0.2) is 13.6 Å². The summed E-state index contributed by atoms with van der Waals surface area (Å²) in [5.74, 6) is 0.563. The Morgan fingerprint density at radius 2 is 1.80 bits per heavy atom. The molecule has 0 saturated carbocycles. The lowest BCUT2D eigenvalue weighted by molar-refractivity contribution is -0.117. The highest BCUT2D eigenvalue weighted by molar-refractivity contribution is 7.89. The Labute approximate surface area is 179 Å². The number of anilines is 1. The lowest BCUT2D eigenvalue weighted by Gasteiger charge is -2.31. The van der Waals surface area contributed by atoms with Gasteiger partial charge in [0, 0.05) is 5.69 Å². The van der Waals surface area contributed by atoms with Crippen molar-refractivity contribution >= 4 is 21.6 Å². The van der Waals surface area contributed by atoms with E-state index in [9.17, 15) is 13.2 Å². The van der Waals surface area contributed by atoms with Crippen LogP contribution in [0.3, 0.4) is 0 Å². The largest absolute Gasteiger partial charge is 0.325 e. The van der Waals surface area contributed by atoms with Crippen molar-refractivity contribution < 1.29 is 13.2 Å². The number of rotatable bonds is 7. The number of aryl methyl sites for hydroxylation is 2. The van der Waals surface area contributed by atoms with E-state index in [2.05, 4.69) is 34.5 Å². The average molecular weight is 430 g/mol. The van der Waals surface area contributed by atoms with Gasteiger partial charge in [0.25, 0.3) is 0 Å². The van der Waals surface area contributed by atoms with Crippen LogP contribution in [0, 0.1) is 19.8 Å². The second kappa shape index (κ2) is 9.73. The normalized spacial score (nSPS) is 15.8. The smallest absolute Gasteiger partial charge is 0.238 e. The molecule has 1 aliphatic heterocycles. The summed E-state index contributed by atoms with van der Waals surface area (Å²) < 4.78 is 23.4. The van der Waals surface area contributed by atoms with Crippen LogP contribution in [0.1, 0.15) is 36.0 Å². The Bertz CT molecular complexity index is 982. The topological polar surface area (TPSA) is 92.5 Å². The molecule has 162 valence electrons. The molecule has 2 aromatic rings. The lowest BCUT2D eigenvalue weighted by atomic mass is 9.90. The number of sulfonamides is 1. The van der Waals surface area contributed by atoms with Crippen molar-refractivity contribution in [3.63, 3.8) is 0 Å². The number of piperidine rings is 1. The van der Waals surface area contributed by atoms with Crippen LogP contribution in [0.15, 0.2) is 47.4 Å². The fourth-order valence-electron chi connectivity index (χ4n) is 3.96. The van der Waals surface area contributed by atoms with E-state index in [0.29, 0.717) is 18.2 Å². The minimum atomic E-state index is -3.82. The predicted octanol–water partition coefficient (Wildman–Crippen LogP) is 3.23. The van der Waals surface area contributed by atoms with Gasteiger partial charge in [-0.05, 0) is 87.4 Å². The summed E-state index contributed by atoms with van der Waals surface area (Å²) in [4.78, 5) is 14.7. The molecular weight excluding hydrogens is 398 g/mol. The summed E-state index contributed by atoms with van der Waals surface area (Å²) in [5, 5.41) is 8.12. The maximum atomic E-state index is 12.6. The minimum Gasteiger partial charge on any atom is -0.325 e. The van der Waals surface area contributed by atoms with Gasteiger partial charge in [0.2, 0.25) is 15.9 Å². The predicted molar refractivity (Wildman–Crippen MR) is 120 cm³/mol. The molecule has 1 heterocycles. The number of carbonyl (C=O) groups excluding carboxylic acids is 1. The molecule has 1 saturated heterocycles. The van der Waals surface area contributed by atoms with Gasteiger partial charge in [-0.2, -0.15) is 0 Å². The molecule has 6 nitrogen and oxygen atoms in total. The fourth-order valence-corrected chi connectivity index (χ4v) is 4.59. The van der Waals surface area contributed by atoms with Gasteiger partial charge in [0.15, 0.2) is 0 Å². The van der Waals surface area contributed by atoms with Crippen LogP contribution in [0.25, 0.3) is 0 Å². The lowest BCUT2D eigenvalue weighted by Crippen LogP contribution is -2.39. The molecule has 0 atom stereocenters. The number of nitrogens with two attached hydrogens (primary N) is 1. The van der Waals surface area contributed by atoms with Crippen LogP contribution in [-0.4, -0.2) is 38.9 Å². The van der Waals surface area contributed by atoms with Gasteiger partial charge >= 0.3 is 0 Å². The van der Waals surface area contributed by atoms with Crippen LogP contribution in [0.2, 0.25) is 0 Å². The zero-order chi connectivity index (χ0) is 21.7. The molecule has 3 rings (SSSR count). The second-order valence-electron chi connectivity index (χ2n) is 8.25. The fraction of sp³-hybridized carbons (Fsp3) is 0.435. The molecule has 1 amide bonds. The van der Waals surface area contributed by atoms with E-state index in [1.807, 2.05) is 13.0 Å². The summed E-state index contributed by atoms with van der Waals surface area (Å²) in [6.45, 7) is 5.78. The first-order chi connectivity index (χ1) is 14.2. The Kier molecular flexibility index (Phi) is 7.28. The van der Waals surface area contributed by atoms with Gasteiger partial charge in [0.05, 0.1) is 11.4 Å². The number of hydrogen-bond acceptors (Lipinski definition) is 4. The van der Waals surface area contributed by atoms with Crippen LogP contribution in [0.4, 0.5) is 5.69 Å². The van der Waals surface area contributed by atoms with Crippen molar-refractivity contribution in [3.8, 4) is 0 Å². The van der Waals surface area contributed by atoms with Crippen LogP contribution < -0.4 is 10.5 Å². The number of nitrogens with zero attached hydrogens (tertiary/aromatic N) is 1. The quantitative estimate of drug-likeness (QED) is 0.707. The van der Waals surface area contributed by atoms with Gasteiger partial charge in [-0.1, -0.05) is 30.3 Å². The third kappa shape index (κ3) is 6.14. The number of primary sulfonamides is 1. The molecule has 0 bridgehead atoms. The maximum absolute atomic E-state index is 12.6. The van der Waals surface area contributed by atoms with Crippen molar-refractivity contribution in [1.82, 2.24) is 4.90 Å². The van der Waals surface area contributed by atoms with E-state index in [0.717, 1.165) is 43.5 Å². The van der Waals surface area contributed by atoms with E-state index in [4.69, 9.17) is 5.14 Å². The molecule has 0 unspecified atom stereocenters. The first-order valence-corrected chi connectivity index (χ1v) is 12.0. The first kappa shape index (κ1) is 22.5. The van der Waals surface area contributed by atoms with Crippen molar-refractivity contribution in [2.75, 3.05) is 25.0 Å². The third-order valence-corrected chi connectivity index (χ3v) is 6.89. The maximum Gasteiger partial charge on any atom is 0.238 e. The summed E-state index contributed by atoms with van der Waals surface area (Å²) >= 11 is 0. The third-order valence-electron chi connectivity index (χ3n) is 6.00. The summed E-state index contributed by atoms with van der Waals surface area (Å²) in [5.41, 5.74) is 3.50. The van der Waals surface area contributed by atoms with Crippen LogP contribution in [0.5, 0.6) is 0 Å². The highest BCUT2D eigenvalue weighted by atomic mass is 32.2. The van der Waals surface area contributed by atoms with Gasteiger partial charge in [0.1, 0.15) is 0 Å². The summed E-state index contributed by atoms with van der Waals surface area (Å²) in [7, 11) is -3.82. The van der Waals surface area contributed by atoms with E-state index in [-0.39, 0.29) is 10.8 Å². The number of amides is 1. The molecule has 30 heavy (non-hydrogen) atoms. The Morgan fingerprint density at radius 3 is 2.43 bits per heavy atom. The number of likely N-dealkylation sites (tertiary alicyclic amines) is 1. The molecule has 0 aliphatic carbocycles. The zero-order valence-corrected chi connectivity index (χ0v) is 18.5. The van der Waals surface area contributed by atoms with Crippen LogP contribution >= 0.6 is 0 Å². The number of hydrogen-bond donors (Lipinski definition) is 2. The SMILES string of the molecule is Cc1cc(S(N)(=O)=O)cc(NC(=O)CN2CCC(CCc3ccccc3)CC2)c1C. The van der Waals surface area contributed by atoms with Crippen LogP contribution in [-0.2, 0) is 21.2 Å². The van der Waals surface area contributed by atoms with Gasteiger partial charge in [-0.3, -0.25) is 9.69 Å². The van der Waals surface area contributed by atoms with Gasteiger partial charge < -0.3 is 5.32 Å². The number of benzene rings is 2. The number of carbonyl (C=O) groups is 1. The second-order valence-corrected chi connectivity index (χ2v) is 9.81. The van der Waals surface area contributed by atoms with E-state index < -0.39 is 10.0 Å². The number of nitrogens with one attached hydrogen (secondary N) is 1. The molecule has 3 N–H and O–H groups in total. The Balaban J connectivity index is 1.50. The summed E-state index contributed by atoms with van der Waals surface area (Å²) in [6, 6.07) is 13.5. The highest BCUT2D eigenvalue weighted by Gasteiger charge is 2.21. The van der Waals surface area contributed by atoms with Crippen molar-refractivity contribution in [1.29, 1.82) is 0 Å². The van der Waals surface area contributed by atoms with Crippen molar-refractivity contribution in [2.24, 2.45) is 11.1 Å². The Hall–Kier alpha value is -2.22. The van der Waals surface area contributed by atoms with E-state index in [1.165, 1.54) is 24.1 Å². The molecular formula is C23H31N3O3S. The molecule has 2 aromatic carbocycles.